The number of alkyl halides is 3. The highest BCUT2D eigenvalue weighted by Gasteiger charge is 2.30. The van der Waals surface area contributed by atoms with E-state index in [0.717, 1.165) is 6.07 Å². The summed E-state index contributed by atoms with van der Waals surface area (Å²) in [5.41, 5.74) is 4.88. The largest absolute Gasteiger partial charge is 0.483 e. The van der Waals surface area contributed by atoms with Gasteiger partial charge in [-0.25, -0.2) is 5.53 Å². The fourth-order valence-corrected chi connectivity index (χ4v) is 3.16. The quantitative estimate of drug-likeness (QED) is 0.698. The van der Waals surface area contributed by atoms with Crippen molar-refractivity contribution in [3.63, 3.8) is 0 Å². The number of hydrogen-bond donors (Lipinski definition) is 3. The topological polar surface area (TPSA) is 95.1 Å². The molecule has 1 aliphatic heterocycles. The highest BCUT2D eigenvalue weighted by molar-refractivity contribution is 7.84. The Morgan fingerprint density at radius 2 is 2.16 bits per heavy atom. The summed E-state index contributed by atoms with van der Waals surface area (Å²) in [5.74, 6) is -0.855. The van der Waals surface area contributed by atoms with Crippen LogP contribution in [0.1, 0.15) is 10.4 Å². The molecule has 0 bridgehead atoms. The van der Waals surface area contributed by atoms with E-state index in [1.165, 1.54) is 17.3 Å². The van der Waals surface area contributed by atoms with Gasteiger partial charge in [0.25, 0.3) is 5.91 Å². The van der Waals surface area contributed by atoms with Crippen LogP contribution in [0, 0.1) is 0 Å². The van der Waals surface area contributed by atoms with E-state index < -0.39 is 29.5 Å². The second kappa shape index (κ2) is 7.45. The number of halogens is 4. The number of benzene rings is 1. The van der Waals surface area contributed by atoms with Crippen LogP contribution in [0.3, 0.4) is 0 Å². The molecule has 8 nitrogen and oxygen atoms in total. The first-order chi connectivity index (χ1) is 11.6. The lowest BCUT2D eigenvalue weighted by molar-refractivity contribution is -0.153. The van der Waals surface area contributed by atoms with Crippen LogP contribution < -0.4 is 21.1 Å². The van der Waals surface area contributed by atoms with Crippen molar-refractivity contribution in [3.8, 4) is 5.75 Å². The molecule has 0 aromatic heterocycles. The zero-order valence-corrected chi connectivity index (χ0v) is 14.5. The molecule has 0 spiro atoms. The third kappa shape index (κ3) is 4.74. The first kappa shape index (κ1) is 19.3. The van der Waals surface area contributed by atoms with E-state index >= 15 is 0 Å². The van der Waals surface area contributed by atoms with Gasteiger partial charge in [-0.15, -0.1) is 10.6 Å². The summed E-state index contributed by atoms with van der Waals surface area (Å²) >= 11 is 6.08. The van der Waals surface area contributed by atoms with Crippen LogP contribution in [0.25, 0.3) is 0 Å². The van der Waals surface area contributed by atoms with Crippen molar-refractivity contribution in [2.75, 3.05) is 19.9 Å². The summed E-state index contributed by atoms with van der Waals surface area (Å²) in [6.45, 7) is -1.57. The highest BCUT2D eigenvalue weighted by atomic mass is 35.5. The number of nitrogens with zero attached hydrogens (tertiary/aromatic N) is 2. The average molecular weight is 400 g/mol. The number of hydrazone groups is 1. The molecule has 1 aliphatic rings. The van der Waals surface area contributed by atoms with Crippen molar-refractivity contribution >= 4 is 34.3 Å². The number of rotatable bonds is 4. The molecule has 1 heterocycles. The van der Waals surface area contributed by atoms with E-state index in [9.17, 15) is 22.2 Å². The highest BCUT2D eigenvalue weighted by Crippen LogP contribution is 2.33. The van der Waals surface area contributed by atoms with Crippen molar-refractivity contribution in [1.82, 2.24) is 21.4 Å². The second-order valence-electron chi connectivity index (χ2n) is 4.78. The average Bonchev–Trinajstić information content (AvgIpc) is 2.89. The number of amides is 1. The van der Waals surface area contributed by atoms with Gasteiger partial charge < -0.3 is 4.74 Å². The van der Waals surface area contributed by atoms with Crippen LogP contribution in [0.4, 0.5) is 13.2 Å². The van der Waals surface area contributed by atoms with Gasteiger partial charge >= 0.3 is 6.18 Å². The van der Waals surface area contributed by atoms with Crippen molar-refractivity contribution in [1.29, 1.82) is 0 Å². The second-order valence-corrected chi connectivity index (χ2v) is 6.48. The van der Waals surface area contributed by atoms with Gasteiger partial charge in [-0.2, -0.15) is 13.2 Å². The summed E-state index contributed by atoms with van der Waals surface area (Å²) < 4.78 is 53.5. The van der Waals surface area contributed by atoms with E-state index in [4.69, 9.17) is 11.6 Å². The Bertz CT molecular complexity index is 743. The molecule has 0 fully saturated rings. The van der Waals surface area contributed by atoms with Crippen molar-refractivity contribution < 1.29 is 26.9 Å². The summed E-state index contributed by atoms with van der Waals surface area (Å²) in [6, 6.07) is 2.29. The summed E-state index contributed by atoms with van der Waals surface area (Å²) in [6.07, 6.45) is -3.35. The number of guanidine groups is 1. The SMILES string of the molecule is CN1NNN=C1NC(=O)c1ccc(OCC(F)(F)F)c(S(C)=O)c1Cl. The maximum absolute atomic E-state index is 12.3. The Balaban J connectivity index is 2.29. The van der Waals surface area contributed by atoms with Crippen molar-refractivity contribution in [2.24, 2.45) is 5.10 Å². The molecular weight excluding hydrogens is 387 g/mol. The van der Waals surface area contributed by atoms with Gasteiger partial charge in [0.2, 0.25) is 5.96 Å². The minimum absolute atomic E-state index is 0.0887. The number of hydrazine groups is 2. The lowest BCUT2D eigenvalue weighted by Crippen LogP contribution is -2.45. The Hall–Kier alpha value is -2.05. The van der Waals surface area contributed by atoms with Gasteiger partial charge in [0.05, 0.1) is 26.3 Å². The number of hydrogen-bond acceptors (Lipinski definition) is 7. The zero-order valence-electron chi connectivity index (χ0n) is 12.9. The van der Waals surface area contributed by atoms with Gasteiger partial charge in [-0.05, 0) is 12.1 Å². The van der Waals surface area contributed by atoms with E-state index in [2.05, 4.69) is 26.2 Å². The molecule has 0 aliphatic carbocycles. The smallest absolute Gasteiger partial charge is 0.422 e. The first-order valence-corrected chi connectivity index (χ1v) is 8.52. The van der Waals surface area contributed by atoms with Gasteiger partial charge in [0.15, 0.2) is 6.61 Å². The van der Waals surface area contributed by atoms with Crippen LogP contribution in [-0.4, -0.2) is 47.2 Å². The molecule has 1 unspecified atom stereocenters. The van der Waals surface area contributed by atoms with Crippen LogP contribution in [0.2, 0.25) is 5.02 Å². The molecule has 1 amide bonds. The Morgan fingerprint density at radius 1 is 1.48 bits per heavy atom. The van der Waals surface area contributed by atoms with Crippen molar-refractivity contribution in [2.45, 2.75) is 11.1 Å². The van der Waals surface area contributed by atoms with Gasteiger partial charge in [-0.3, -0.25) is 19.3 Å². The van der Waals surface area contributed by atoms with Crippen LogP contribution >= 0.6 is 11.6 Å². The molecule has 13 heteroatoms. The lowest BCUT2D eigenvalue weighted by atomic mass is 10.2. The summed E-state index contributed by atoms with van der Waals surface area (Å²) in [7, 11) is -0.217. The first-order valence-electron chi connectivity index (χ1n) is 6.59. The molecule has 138 valence electrons. The monoisotopic (exact) mass is 399 g/mol. The van der Waals surface area contributed by atoms with Crippen LogP contribution in [0.15, 0.2) is 22.1 Å². The normalized spacial score (nSPS) is 15.4. The maximum atomic E-state index is 12.3. The molecule has 1 aromatic rings. The molecule has 0 radical (unpaired) electrons. The maximum Gasteiger partial charge on any atom is 0.422 e. The molecule has 0 saturated carbocycles. The Morgan fingerprint density at radius 3 is 2.68 bits per heavy atom. The van der Waals surface area contributed by atoms with E-state index in [-0.39, 0.29) is 27.2 Å². The van der Waals surface area contributed by atoms with E-state index in [0.29, 0.717) is 0 Å². The number of ether oxygens (including phenoxy) is 1. The van der Waals surface area contributed by atoms with E-state index in [1.807, 2.05) is 0 Å². The fourth-order valence-electron chi connectivity index (χ4n) is 1.82. The molecule has 25 heavy (non-hydrogen) atoms. The standard InChI is InChI=1S/C12H13ClF3N5O3S/c1-21-11(18-19-20-21)17-10(22)6-3-4-7(24-5-12(14,15)16)9(8(6)13)25(2)23/h3-4,19-20H,5H2,1-2H3,(H,17,18,22). The zero-order chi connectivity index (χ0) is 18.8. The number of carbonyl (C=O) groups is 1. The fraction of sp³-hybridized carbons (Fsp3) is 0.333. The summed E-state index contributed by atoms with van der Waals surface area (Å²) in [5, 5.41) is 7.28. The van der Waals surface area contributed by atoms with Gasteiger partial charge in [0.1, 0.15) is 5.75 Å². The van der Waals surface area contributed by atoms with Crippen molar-refractivity contribution in [3.05, 3.63) is 22.7 Å². The van der Waals surface area contributed by atoms with Gasteiger partial charge in [-0.1, -0.05) is 11.6 Å². The Kier molecular flexibility index (Phi) is 5.75. The molecule has 1 aromatic carbocycles. The Labute approximate surface area is 147 Å². The minimum Gasteiger partial charge on any atom is -0.483 e. The number of nitrogens with one attached hydrogen (secondary N) is 3. The molecular formula is C12H13ClF3N5O3S. The minimum atomic E-state index is -4.57. The molecule has 3 N–H and O–H groups in total. The van der Waals surface area contributed by atoms with Crippen LogP contribution in [0.5, 0.6) is 5.75 Å². The third-order valence-corrected chi connectivity index (χ3v) is 4.39. The van der Waals surface area contributed by atoms with Crippen LogP contribution in [-0.2, 0) is 10.8 Å². The predicted octanol–water partition coefficient (Wildman–Crippen LogP) is 0.974. The van der Waals surface area contributed by atoms with Gasteiger partial charge in [0, 0.05) is 13.3 Å². The lowest BCUT2D eigenvalue weighted by Gasteiger charge is -2.16. The third-order valence-electron chi connectivity index (χ3n) is 2.91. The summed E-state index contributed by atoms with van der Waals surface area (Å²) in [4.78, 5) is 12.1. The molecule has 1 atom stereocenters. The van der Waals surface area contributed by atoms with E-state index in [1.54, 1.807) is 7.05 Å². The number of carbonyl (C=O) groups excluding carboxylic acids is 1. The predicted molar refractivity (Wildman–Crippen MR) is 84.3 cm³/mol. The molecule has 0 saturated heterocycles. The molecule has 2 rings (SSSR count).